The average molecular weight is 447 g/mol. The lowest BCUT2D eigenvalue weighted by Gasteiger charge is -2.32. The molecule has 0 bridgehead atoms. The van der Waals surface area contributed by atoms with Gasteiger partial charge in [-0.15, -0.1) is 0 Å². The van der Waals surface area contributed by atoms with Crippen LogP contribution in [0.5, 0.6) is 11.5 Å². The van der Waals surface area contributed by atoms with E-state index in [1.54, 1.807) is 43.3 Å². The van der Waals surface area contributed by atoms with Gasteiger partial charge in [-0.05, 0) is 56.2 Å². The topological polar surface area (TPSA) is 76.2 Å². The highest BCUT2D eigenvalue weighted by molar-refractivity contribution is 7.89. The summed E-state index contributed by atoms with van der Waals surface area (Å²) in [4.78, 5) is 14.7. The number of nitrogens with zero attached hydrogens (tertiary/aromatic N) is 2. The minimum Gasteiger partial charge on any atom is -0.497 e. The Morgan fingerprint density at radius 2 is 1.61 bits per heavy atom. The lowest BCUT2D eigenvalue weighted by atomic mass is 9.97. The van der Waals surface area contributed by atoms with Crippen molar-refractivity contribution in [2.75, 3.05) is 40.4 Å². The smallest absolute Gasteiger partial charge is 0.243 e. The van der Waals surface area contributed by atoms with Crippen molar-refractivity contribution in [2.24, 2.45) is 5.92 Å². The van der Waals surface area contributed by atoms with E-state index in [1.165, 1.54) is 4.31 Å². The molecule has 3 rings (SSSR count). The molecule has 0 aliphatic carbocycles. The van der Waals surface area contributed by atoms with Crippen LogP contribution in [0.4, 0.5) is 0 Å². The second-order valence-electron chi connectivity index (χ2n) is 7.78. The molecule has 1 heterocycles. The summed E-state index contributed by atoms with van der Waals surface area (Å²) >= 11 is 0. The van der Waals surface area contributed by atoms with Crippen molar-refractivity contribution in [1.29, 1.82) is 0 Å². The minimum atomic E-state index is -3.52. The summed E-state index contributed by atoms with van der Waals surface area (Å²) in [5, 5.41) is 0. The molecular formula is C23H30N2O5S. The van der Waals surface area contributed by atoms with Crippen LogP contribution in [0, 0.1) is 12.8 Å². The highest BCUT2D eigenvalue weighted by atomic mass is 32.2. The van der Waals surface area contributed by atoms with Crippen LogP contribution in [0.3, 0.4) is 0 Å². The number of benzene rings is 2. The van der Waals surface area contributed by atoms with Gasteiger partial charge in [0.15, 0.2) is 0 Å². The number of carbonyl (C=O) groups excluding carboxylic acids is 1. The van der Waals surface area contributed by atoms with Gasteiger partial charge in [0.2, 0.25) is 15.9 Å². The highest BCUT2D eigenvalue weighted by Gasteiger charge is 2.33. The Labute approximate surface area is 184 Å². The van der Waals surface area contributed by atoms with Gasteiger partial charge in [-0.2, -0.15) is 4.31 Å². The number of ether oxygens (including phenoxy) is 2. The van der Waals surface area contributed by atoms with Gasteiger partial charge in [-0.3, -0.25) is 4.79 Å². The van der Waals surface area contributed by atoms with E-state index in [1.807, 2.05) is 31.2 Å². The molecule has 1 fully saturated rings. The second-order valence-corrected chi connectivity index (χ2v) is 9.71. The molecule has 8 heteroatoms. The normalized spacial score (nSPS) is 15.5. The van der Waals surface area contributed by atoms with Crippen molar-refractivity contribution in [1.82, 2.24) is 9.21 Å². The van der Waals surface area contributed by atoms with Crippen molar-refractivity contribution in [3.8, 4) is 11.5 Å². The predicted molar refractivity (Wildman–Crippen MR) is 119 cm³/mol. The zero-order valence-electron chi connectivity index (χ0n) is 18.3. The molecule has 1 aliphatic rings. The molecule has 7 nitrogen and oxygen atoms in total. The van der Waals surface area contributed by atoms with Crippen LogP contribution in [0.15, 0.2) is 53.4 Å². The zero-order valence-corrected chi connectivity index (χ0v) is 19.1. The first-order chi connectivity index (χ1) is 14.8. The summed E-state index contributed by atoms with van der Waals surface area (Å²) in [6.45, 7) is 3.47. The van der Waals surface area contributed by atoms with E-state index in [-0.39, 0.29) is 11.8 Å². The average Bonchev–Trinajstić information content (AvgIpc) is 2.79. The Kier molecular flexibility index (Phi) is 7.56. The van der Waals surface area contributed by atoms with Gasteiger partial charge in [0.25, 0.3) is 0 Å². The van der Waals surface area contributed by atoms with E-state index in [4.69, 9.17) is 9.47 Å². The molecule has 0 radical (unpaired) electrons. The first-order valence-corrected chi connectivity index (χ1v) is 11.8. The monoisotopic (exact) mass is 446 g/mol. The first kappa shape index (κ1) is 23.1. The van der Waals surface area contributed by atoms with Crippen molar-refractivity contribution >= 4 is 15.9 Å². The number of amides is 1. The molecule has 0 N–H and O–H groups in total. The Balaban J connectivity index is 1.47. The molecule has 0 atom stereocenters. The number of carbonyl (C=O) groups is 1. The van der Waals surface area contributed by atoms with Crippen LogP contribution >= 0.6 is 0 Å². The number of sulfonamides is 1. The van der Waals surface area contributed by atoms with Crippen molar-refractivity contribution < 1.29 is 22.7 Å². The molecular weight excluding hydrogens is 416 g/mol. The molecule has 0 unspecified atom stereocenters. The third-order valence-corrected chi connectivity index (χ3v) is 7.51. The van der Waals surface area contributed by atoms with E-state index in [0.717, 1.165) is 17.1 Å². The van der Waals surface area contributed by atoms with Crippen molar-refractivity contribution in [3.05, 3.63) is 54.1 Å². The Bertz CT molecular complexity index is 966. The summed E-state index contributed by atoms with van der Waals surface area (Å²) in [5.74, 6) is 1.34. The summed E-state index contributed by atoms with van der Waals surface area (Å²) in [7, 11) is -0.150. The van der Waals surface area contributed by atoms with Gasteiger partial charge < -0.3 is 14.4 Å². The van der Waals surface area contributed by atoms with Gasteiger partial charge in [0, 0.05) is 26.1 Å². The maximum absolute atomic E-state index is 12.8. The van der Waals surface area contributed by atoms with Gasteiger partial charge >= 0.3 is 0 Å². The number of aryl methyl sites for hydroxylation is 1. The van der Waals surface area contributed by atoms with Crippen LogP contribution < -0.4 is 9.47 Å². The van der Waals surface area contributed by atoms with Gasteiger partial charge in [0.05, 0.1) is 18.6 Å². The summed E-state index contributed by atoms with van der Waals surface area (Å²) < 4.78 is 38.0. The molecule has 0 saturated carbocycles. The molecule has 1 amide bonds. The van der Waals surface area contributed by atoms with Gasteiger partial charge in [-0.1, -0.05) is 17.7 Å². The standard InChI is InChI=1S/C23H30N2O5S/c1-18-4-10-22(11-5-18)31(27,28)25-14-12-19(13-15-25)23(26)24(2)16-17-30-21-8-6-20(29-3)7-9-21/h4-11,19H,12-17H2,1-3H3. The Morgan fingerprint density at radius 3 is 2.19 bits per heavy atom. The lowest BCUT2D eigenvalue weighted by molar-refractivity contribution is -0.135. The third kappa shape index (κ3) is 5.77. The van der Waals surface area contributed by atoms with Crippen LogP contribution in [0.1, 0.15) is 18.4 Å². The van der Waals surface area contributed by atoms with E-state index in [9.17, 15) is 13.2 Å². The molecule has 1 saturated heterocycles. The Hall–Kier alpha value is -2.58. The predicted octanol–water partition coefficient (Wildman–Crippen LogP) is 2.94. The van der Waals surface area contributed by atoms with Crippen LogP contribution in [-0.4, -0.2) is 63.9 Å². The molecule has 168 valence electrons. The van der Waals surface area contributed by atoms with Gasteiger partial charge in [-0.25, -0.2) is 8.42 Å². The quantitative estimate of drug-likeness (QED) is 0.623. The fraction of sp³-hybridized carbons (Fsp3) is 0.435. The SMILES string of the molecule is COc1ccc(OCCN(C)C(=O)C2CCN(S(=O)(=O)c3ccc(C)cc3)CC2)cc1. The number of hydrogen-bond acceptors (Lipinski definition) is 5. The second kappa shape index (κ2) is 10.2. The van der Waals surface area contributed by atoms with E-state index in [0.29, 0.717) is 44.0 Å². The highest BCUT2D eigenvalue weighted by Crippen LogP contribution is 2.25. The zero-order chi connectivity index (χ0) is 22.4. The molecule has 0 aromatic heterocycles. The van der Waals surface area contributed by atoms with E-state index < -0.39 is 10.0 Å². The summed E-state index contributed by atoms with van der Waals surface area (Å²) in [6.07, 6.45) is 1.04. The van der Waals surface area contributed by atoms with Crippen molar-refractivity contribution in [3.63, 3.8) is 0 Å². The molecule has 0 spiro atoms. The maximum Gasteiger partial charge on any atom is 0.243 e. The Morgan fingerprint density at radius 1 is 1.03 bits per heavy atom. The first-order valence-electron chi connectivity index (χ1n) is 10.4. The van der Waals surface area contributed by atoms with E-state index >= 15 is 0 Å². The number of rotatable bonds is 8. The lowest BCUT2D eigenvalue weighted by Crippen LogP contribution is -2.44. The number of likely N-dealkylation sites (N-methyl/N-ethyl adjacent to an activating group) is 1. The van der Waals surface area contributed by atoms with Crippen LogP contribution in [-0.2, 0) is 14.8 Å². The fourth-order valence-electron chi connectivity index (χ4n) is 3.60. The molecule has 2 aromatic carbocycles. The maximum atomic E-state index is 12.8. The minimum absolute atomic E-state index is 0.0331. The van der Waals surface area contributed by atoms with Crippen LogP contribution in [0.2, 0.25) is 0 Å². The summed E-state index contributed by atoms with van der Waals surface area (Å²) in [6, 6.07) is 14.2. The molecule has 31 heavy (non-hydrogen) atoms. The van der Waals surface area contributed by atoms with Crippen LogP contribution in [0.25, 0.3) is 0 Å². The number of methoxy groups -OCH3 is 1. The third-order valence-electron chi connectivity index (χ3n) is 5.59. The van der Waals surface area contributed by atoms with E-state index in [2.05, 4.69) is 0 Å². The number of piperidine rings is 1. The van der Waals surface area contributed by atoms with Gasteiger partial charge in [0.1, 0.15) is 18.1 Å². The number of hydrogen-bond donors (Lipinski definition) is 0. The largest absolute Gasteiger partial charge is 0.497 e. The fourth-order valence-corrected chi connectivity index (χ4v) is 5.07. The van der Waals surface area contributed by atoms with Crippen molar-refractivity contribution in [2.45, 2.75) is 24.7 Å². The summed E-state index contributed by atoms with van der Waals surface area (Å²) in [5.41, 5.74) is 1.02. The molecule has 2 aromatic rings. The molecule has 1 aliphatic heterocycles.